The molecule has 1 aromatic carbocycles. The number of esters is 1. The zero-order chi connectivity index (χ0) is 19.6. The Bertz CT molecular complexity index is 720. The minimum absolute atomic E-state index is 0.0300. The Kier molecular flexibility index (Phi) is 4.29. The monoisotopic (exact) mass is 386 g/mol. The second-order valence-corrected chi connectivity index (χ2v) is 7.47. The lowest BCUT2D eigenvalue weighted by Crippen LogP contribution is -2.56. The number of rotatable bonds is 4. The summed E-state index contributed by atoms with van der Waals surface area (Å²) >= 11 is 0. The van der Waals surface area contributed by atoms with Crippen molar-refractivity contribution in [3.05, 3.63) is 35.9 Å². The second-order valence-electron chi connectivity index (χ2n) is 7.47. The zero-order valence-electron chi connectivity index (χ0n) is 15.1. The van der Waals surface area contributed by atoms with Crippen LogP contribution in [0.2, 0.25) is 0 Å². The summed E-state index contributed by atoms with van der Waals surface area (Å²) in [5.74, 6) is -1.47. The highest BCUT2D eigenvalue weighted by molar-refractivity contribution is 5.83. The summed E-state index contributed by atoms with van der Waals surface area (Å²) < 4.78 is 64.0. The van der Waals surface area contributed by atoms with Crippen LogP contribution >= 0.6 is 0 Å². The fourth-order valence-corrected chi connectivity index (χ4v) is 4.72. The number of methoxy groups -OCH3 is 1. The van der Waals surface area contributed by atoms with Gasteiger partial charge >= 0.3 is 12.1 Å². The maximum atomic E-state index is 14.0. The van der Waals surface area contributed by atoms with Gasteiger partial charge in [-0.05, 0) is 0 Å². The number of benzene rings is 1. The number of hydrogen-bond acceptors (Lipinski definition) is 5. The number of carbonyl (C=O) groups is 1. The molecule has 8 heteroatoms. The molecule has 1 aromatic rings. The average molecular weight is 386 g/mol. The van der Waals surface area contributed by atoms with Crippen LogP contribution in [0.4, 0.5) is 13.2 Å². The third-order valence-corrected chi connectivity index (χ3v) is 6.09. The maximum Gasteiger partial charge on any atom is 0.432 e. The van der Waals surface area contributed by atoms with Gasteiger partial charge in [0.25, 0.3) is 5.60 Å². The molecule has 0 radical (unpaired) electrons. The van der Waals surface area contributed by atoms with Gasteiger partial charge in [0, 0.05) is 24.5 Å². The smallest absolute Gasteiger partial charge is 0.432 e. The molecule has 4 bridgehead atoms. The molecule has 5 nitrogen and oxygen atoms in total. The predicted molar refractivity (Wildman–Crippen MR) is 86.7 cm³/mol. The minimum atomic E-state index is -5.00. The first-order valence-corrected chi connectivity index (χ1v) is 8.91. The number of alkyl halides is 3. The largest absolute Gasteiger partial charge is 0.454 e. The van der Waals surface area contributed by atoms with E-state index < -0.39 is 36.1 Å². The standard InChI is InChI=1S/C19H21F3O5/c1-9-12-10(2)14-16(15(25-12)13(9)26-14)27-17(23)18(24-3,19(20,21)22)11-7-5-4-6-8-11/h4-10,12-16H,1-3H3/t9-,10+,12+,13+,14-,15-,16-,18?/m1/s1. The third kappa shape index (κ3) is 2.46. The van der Waals surface area contributed by atoms with Gasteiger partial charge < -0.3 is 18.9 Å². The van der Waals surface area contributed by atoms with E-state index in [1.165, 1.54) is 24.3 Å². The van der Waals surface area contributed by atoms with Gasteiger partial charge in [0.05, 0.1) is 12.2 Å². The molecule has 0 saturated carbocycles. The number of ether oxygens (including phenoxy) is 4. The van der Waals surface area contributed by atoms with E-state index in [0.29, 0.717) is 0 Å². The third-order valence-electron chi connectivity index (χ3n) is 6.09. The lowest BCUT2D eigenvalue weighted by Gasteiger charge is -2.40. The van der Waals surface area contributed by atoms with E-state index in [4.69, 9.17) is 18.9 Å². The van der Waals surface area contributed by atoms with Crippen LogP contribution in [-0.4, -0.2) is 49.8 Å². The Morgan fingerprint density at radius 1 is 0.963 bits per heavy atom. The van der Waals surface area contributed by atoms with Crippen molar-refractivity contribution in [1.29, 1.82) is 0 Å². The number of hydrogen-bond donors (Lipinski definition) is 0. The molecule has 4 aliphatic rings. The molecular formula is C19H21F3O5. The number of halogens is 3. The first-order valence-electron chi connectivity index (χ1n) is 8.91. The molecular weight excluding hydrogens is 365 g/mol. The molecule has 0 amide bonds. The average Bonchev–Trinajstić information content (AvgIpc) is 3.04. The molecule has 8 atom stereocenters. The molecule has 4 saturated heterocycles. The van der Waals surface area contributed by atoms with Crippen molar-refractivity contribution in [2.75, 3.05) is 7.11 Å². The van der Waals surface area contributed by atoms with E-state index in [1.54, 1.807) is 6.07 Å². The van der Waals surface area contributed by atoms with Crippen LogP contribution in [-0.2, 0) is 29.3 Å². The van der Waals surface area contributed by atoms with E-state index in [1.807, 2.05) is 13.8 Å². The summed E-state index contributed by atoms with van der Waals surface area (Å²) in [6.45, 7) is 3.88. The van der Waals surface area contributed by atoms with Crippen molar-refractivity contribution in [3.8, 4) is 0 Å². The SMILES string of the molecule is COC(C(=O)O[C@H]1[C@@H]2O[C@H]3[C@@H](C)[C@@H]2O[C@@H]1[C@H]3C)(c1ccccc1)C(F)(F)F. The fourth-order valence-electron chi connectivity index (χ4n) is 4.72. The molecule has 0 aromatic heterocycles. The van der Waals surface area contributed by atoms with Crippen molar-refractivity contribution >= 4 is 5.97 Å². The summed E-state index contributed by atoms with van der Waals surface area (Å²) in [6, 6.07) is 6.78. The van der Waals surface area contributed by atoms with Crippen molar-refractivity contribution in [2.24, 2.45) is 11.8 Å². The molecule has 5 rings (SSSR count). The molecule has 0 spiro atoms. The van der Waals surface area contributed by atoms with Gasteiger partial charge in [0.2, 0.25) is 0 Å². The zero-order valence-corrected chi connectivity index (χ0v) is 15.1. The Morgan fingerprint density at radius 3 is 2.15 bits per heavy atom. The summed E-state index contributed by atoms with van der Waals surface area (Å²) in [5, 5.41) is 0. The van der Waals surface area contributed by atoms with E-state index >= 15 is 0 Å². The lowest BCUT2D eigenvalue weighted by atomic mass is 9.87. The molecule has 1 unspecified atom stereocenters. The van der Waals surface area contributed by atoms with Gasteiger partial charge in [-0.3, -0.25) is 0 Å². The molecule has 4 aliphatic heterocycles. The molecule has 148 valence electrons. The summed E-state index contributed by atoms with van der Waals surface area (Å²) in [4.78, 5) is 12.9. The van der Waals surface area contributed by atoms with Gasteiger partial charge in [-0.15, -0.1) is 0 Å². The Morgan fingerprint density at radius 2 is 1.56 bits per heavy atom. The van der Waals surface area contributed by atoms with Crippen molar-refractivity contribution in [3.63, 3.8) is 0 Å². The van der Waals surface area contributed by atoms with Crippen molar-refractivity contribution < 1.29 is 36.9 Å². The van der Waals surface area contributed by atoms with Gasteiger partial charge in [0.1, 0.15) is 12.2 Å². The summed E-state index contributed by atoms with van der Waals surface area (Å²) in [6.07, 6.45) is -7.21. The van der Waals surface area contributed by atoms with Crippen molar-refractivity contribution in [1.82, 2.24) is 0 Å². The Hall–Kier alpha value is -1.64. The maximum absolute atomic E-state index is 14.0. The molecule has 0 N–H and O–H groups in total. The van der Waals surface area contributed by atoms with Crippen molar-refractivity contribution in [2.45, 2.75) is 56.1 Å². The molecule has 27 heavy (non-hydrogen) atoms. The minimum Gasteiger partial charge on any atom is -0.454 e. The van der Waals surface area contributed by atoms with E-state index in [2.05, 4.69) is 0 Å². The van der Waals surface area contributed by atoms with Crippen LogP contribution < -0.4 is 0 Å². The predicted octanol–water partition coefficient (Wildman–Crippen LogP) is 2.82. The first kappa shape index (κ1) is 18.7. The summed E-state index contributed by atoms with van der Waals surface area (Å²) in [7, 11) is 0.853. The van der Waals surface area contributed by atoms with Crippen LogP contribution in [0.15, 0.2) is 30.3 Å². The van der Waals surface area contributed by atoms with Crippen LogP contribution in [0, 0.1) is 11.8 Å². The summed E-state index contributed by atoms with van der Waals surface area (Å²) in [5.41, 5.74) is -3.54. The lowest BCUT2D eigenvalue weighted by molar-refractivity contribution is -0.282. The molecule has 4 fully saturated rings. The van der Waals surface area contributed by atoms with Crippen LogP contribution in [0.1, 0.15) is 19.4 Å². The van der Waals surface area contributed by atoms with Crippen LogP contribution in [0.25, 0.3) is 0 Å². The fraction of sp³-hybridized carbons (Fsp3) is 0.632. The first-order chi connectivity index (χ1) is 12.7. The topological polar surface area (TPSA) is 54.0 Å². The van der Waals surface area contributed by atoms with Gasteiger partial charge in [-0.2, -0.15) is 13.2 Å². The van der Waals surface area contributed by atoms with Gasteiger partial charge in [0.15, 0.2) is 6.10 Å². The van der Waals surface area contributed by atoms with E-state index in [-0.39, 0.29) is 29.6 Å². The van der Waals surface area contributed by atoms with Crippen LogP contribution in [0.5, 0.6) is 0 Å². The Balaban J connectivity index is 1.66. The molecule has 0 aliphatic carbocycles. The number of carbonyl (C=O) groups excluding carboxylic acids is 1. The second kappa shape index (κ2) is 6.18. The highest BCUT2D eigenvalue weighted by Gasteiger charge is 2.68. The Labute approximate surface area is 154 Å². The van der Waals surface area contributed by atoms with E-state index in [0.717, 1.165) is 7.11 Å². The molecule has 4 heterocycles. The quantitative estimate of drug-likeness (QED) is 0.745. The highest BCUT2D eigenvalue weighted by Crippen LogP contribution is 2.52. The van der Waals surface area contributed by atoms with Gasteiger partial charge in [-0.1, -0.05) is 44.2 Å². The van der Waals surface area contributed by atoms with E-state index in [9.17, 15) is 18.0 Å². The normalized spacial score (nSPS) is 39.4. The van der Waals surface area contributed by atoms with Crippen LogP contribution in [0.3, 0.4) is 0 Å². The van der Waals surface area contributed by atoms with Gasteiger partial charge in [-0.25, -0.2) is 4.79 Å². The highest BCUT2D eigenvalue weighted by atomic mass is 19.4.